The van der Waals surface area contributed by atoms with Crippen molar-refractivity contribution in [1.29, 1.82) is 0 Å². The molecule has 10 atom stereocenters. The van der Waals surface area contributed by atoms with E-state index < -0.39 is 11.5 Å². The first kappa shape index (κ1) is 21.6. The van der Waals surface area contributed by atoms with Crippen molar-refractivity contribution in [1.82, 2.24) is 0 Å². The molecule has 5 aliphatic rings. The van der Waals surface area contributed by atoms with Gasteiger partial charge in [-0.2, -0.15) is 0 Å². The summed E-state index contributed by atoms with van der Waals surface area (Å²) in [6.07, 6.45) is 10.3. The number of hydrogen-bond donors (Lipinski definition) is 0. The lowest BCUT2D eigenvalue weighted by Gasteiger charge is -2.67. The molecule has 6 rings (SSSR count). The Kier molecular flexibility index (Phi) is 4.20. The molecule has 0 N–H and O–H groups in total. The first-order chi connectivity index (χ1) is 15.5. The Morgan fingerprint density at radius 1 is 1.15 bits per heavy atom. The molecule has 3 saturated carbocycles. The monoisotopic (exact) mass is 452 g/mol. The van der Waals surface area contributed by atoms with Crippen LogP contribution in [0.3, 0.4) is 0 Å². The number of hydrogen-bond acceptors (Lipinski definition) is 5. The molecule has 1 saturated heterocycles. The minimum absolute atomic E-state index is 0.0994. The number of allylic oxidation sites excluding steroid dienone is 2. The van der Waals surface area contributed by atoms with Gasteiger partial charge in [0, 0.05) is 23.7 Å². The lowest BCUT2D eigenvalue weighted by atomic mass is 9.37. The van der Waals surface area contributed by atoms with Gasteiger partial charge in [0.05, 0.1) is 18.6 Å². The van der Waals surface area contributed by atoms with Gasteiger partial charge < -0.3 is 13.9 Å². The van der Waals surface area contributed by atoms with E-state index in [1.54, 1.807) is 12.3 Å². The highest BCUT2D eigenvalue weighted by atomic mass is 16.6. The summed E-state index contributed by atoms with van der Waals surface area (Å²) < 4.78 is 18.6. The third kappa shape index (κ3) is 2.42. The molecule has 1 aromatic rings. The van der Waals surface area contributed by atoms with Gasteiger partial charge in [0.1, 0.15) is 12.2 Å². The van der Waals surface area contributed by atoms with Gasteiger partial charge in [-0.1, -0.05) is 40.7 Å². The molecule has 2 heterocycles. The Balaban J connectivity index is 1.52. The van der Waals surface area contributed by atoms with Crippen LogP contribution in [-0.4, -0.2) is 30.1 Å². The quantitative estimate of drug-likeness (QED) is 0.569. The van der Waals surface area contributed by atoms with Gasteiger partial charge in [-0.05, 0) is 65.6 Å². The van der Waals surface area contributed by atoms with Gasteiger partial charge >= 0.3 is 5.97 Å². The van der Waals surface area contributed by atoms with Gasteiger partial charge in [-0.15, -0.1) is 0 Å². The summed E-state index contributed by atoms with van der Waals surface area (Å²) in [6, 6.07) is 2.11. The maximum absolute atomic E-state index is 13.1. The second kappa shape index (κ2) is 6.41. The third-order valence-electron chi connectivity index (χ3n) is 11.0. The maximum Gasteiger partial charge on any atom is 0.303 e. The zero-order chi connectivity index (χ0) is 23.6. The average Bonchev–Trinajstić information content (AvgIpc) is 3.40. The van der Waals surface area contributed by atoms with Crippen molar-refractivity contribution in [3.63, 3.8) is 0 Å². The van der Waals surface area contributed by atoms with Crippen LogP contribution in [0.15, 0.2) is 35.2 Å². The first-order valence-electron chi connectivity index (χ1n) is 12.5. The van der Waals surface area contributed by atoms with E-state index in [2.05, 4.69) is 32.9 Å². The number of furan rings is 1. The zero-order valence-electron chi connectivity index (χ0n) is 20.6. The maximum atomic E-state index is 13.1. The van der Waals surface area contributed by atoms with E-state index >= 15 is 0 Å². The molecule has 0 radical (unpaired) electrons. The smallest absolute Gasteiger partial charge is 0.303 e. The van der Waals surface area contributed by atoms with E-state index in [0.717, 1.165) is 19.3 Å². The summed E-state index contributed by atoms with van der Waals surface area (Å²) >= 11 is 0. The number of carbonyl (C=O) groups is 2. The molecule has 5 heteroatoms. The molecule has 33 heavy (non-hydrogen) atoms. The molecule has 0 bridgehead atoms. The van der Waals surface area contributed by atoms with Crippen LogP contribution in [0, 0.1) is 39.4 Å². The molecule has 1 unspecified atom stereocenters. The zero-order valence-corrected chi connectivity index (χ0v) is 20.6. The fourth-order valence-corrected chi connectivity index (χ4v) is 10.0. The number of fused-ring (bicyclic) bond motifs is 2. The van der Waals surface area contributed by atoms with Crippen molar-refractivity contribution in [3.05, 3.63) is 36.3 Å². The number of ether oxygens (including phenoxy) is 2. The Labute approximate surface area is 196 Å². The van der Waals surface area contributed by atoms with E-state index in [0.29, 0.717) is 17.8 Å². The van der Waals surface area contributed by atoms with Gasteiger partial charge in [0.15, 0.2) is 5.78 Å². The molecule has 1 aromatic heterocycles. The second-order valence-corrected chi connectivity index (χ2v) is 12.7. The van der Waals surface area contributed by atoms with Crippen molar-refractivity contribution in [2.75, 3.05) is 0 Å². The normalized spacial score (nSPS) is 51.2. The van der Waals surface area contributed by atoms with E-state index in [9.17, 15) is 9.59 Å². The summed E-state index contributed by atoms with van der Waals surface area (Å²) in [7, 11) is 0. The van der Waals surface area contributed by atoms with Crippen LogP contribution in [-0.2, 0) is 19.1 Å². The molecule has 178 valence electrons. The molecule has 1 aliphatic heterocycles. The van der Waals surface area contributed by atoms with Crippen molar-refractivity contribution in [2.45, 2.75) is 85.0 Å². The Bertz CT molecular complexity index is 1040. The van der Waals surface area contributed by atoms with E-state index in [1.807, 2.05) is 20.1 Å². The highest BCUT2D eigenvalue weighted by molar-refractivity contribution is 5.96. The number of carbonyl (C=O) groups excluding carboxylic acids is 2. The van der Waals surface area contributed by atoms with Crippen molar-refractivity contribution >= 4 is 11.8 Å². The van der Waals surface area contributed by atoms with Crippen molar-refractivity contribution < 1.29 is 23.5 Å². The fourth-order valence-electron chi connectivity index (χ4n) is 10.0. The van der Waals surface area contributed by atoms with E-state index in [4.69, 9.17) is 13.9 Å². The van der Waals surface area contributed by atoms with Crippen LogP contribution < -0.4 is 0 Å². The van der Waals surface area contributed by atoms with E-state index in [-0.39, 0.29) is 46.1 Å². The molecule has 4 fully saturated rings. The first-order valence-corrected chi connectivity index (χ1v) is 12.5. The van der Waals surface area contributed by atoms with Gasteiger partial charge in [0.2, 0.25) is 0 Å². The molecule has 0 spiro atoms. The molecule has 0 amide bonds. The van der Waals surface area contributed by atoms with Gasteiger partial charge in [0.25, 0.3) is 0 Å². The van der Waals surface area contributed by atoms with Crippen LogP contribution in [0.1, 0.15) is 72.3 Å². The number of ketones is 1. The Morgan fingerprint density at radius 3 is 2.58 bits per heavy atom. The van der Waals surface area contributed by atoms with Gasteiger partial charge in [-0.25, -0.2) is 0 Å². The Morgan fingerprint density at radius 2 is 1.91 bits per heavy atom. The topological polar surface area (TPSA) is 65.7 Å². The minimum atomic E-state index is -0.619. The molecule has 5 nitrogen and oxygen atoms in total. The van der Waals surface area contributed by atoms with Crippen molar-refractivity contribution in [2.24, 2.45) is 39.4 Å². The predicted molar refractivity (Wildman–Crippen MR) is 122 cm³/mol. The van der Waals surface area contributed by atoms with E-state index in [1.165, 1.54) is 12.5 Å². The summed E-state index contributed by atoms with van der Waals surface area (Å²) in [5, 5.41) is 0. The van der Waals surface area contributed by atoms with Crippen LogP contribution >= 0.6 is 0 Å². The fraction of sp³-hybridized carbons (Fsp3) is 0.714. The number of esters is 1. The SMILES string of the molecule is CC(=O)O[C@H]1[C@H]2O[C@@H]3C[C@@H](c4ccoc4)[C@]4(C)CCC([C@]2(C)[C@H]34)[C@@]2(C)C=CC(=O)C(C)(C)[C@H]12. The highest BCUT2D eigenvalue weighted by Gasteiger charge is 2.78. The molecular weight excluding hydrogens is 416 g/mol. The third-order valence-corrected chi connectivity index (χ3v) is 11.0. The summed E-state index contributed by atoms with van der Waals surface area (Å²) in [4.78, 5) is 25.4. The molecule has 0 aromatic carbocycles. The molecule has 4 aliphatic carbocycles. The lowest BCUT2D eigenvalue weighted by Crippen LogP contribution is -2.69. The van der Waals surface area contributed by atoms with Crippen LogP contribution in [0.4, 0.5) is 0 Å². The number of rotatable bonds is 2. The van der Waals surface area contributed by atoms with Crippen LogP contribution in [0.2, 0.25) is 0 Å². The average molecular weight is 453 g/mol. The largest absolute Gasteiger partial charge is 0.472 e. The second-order valence-electron chi connectivity index (χ2n) is 12.7. The van der Waals surface area contributed by atoms with Crippen LogP contribution in [0.5, 0.6) is 0 Å². The standard InChI is InChI=1S/C28H36O5/c1-15(29)32-21-23-25(2,3)20(30)8-11-27(23,5)19-7-10-26(4)17(16-9-12-31-14-16)13-18-22(26)28(19,6)24(21)33-18/h8-9,11-12,14,17-19,21-24H,7,10,13H2,1-6H3/t17-,18+,19?,21+,22+,23-,24+,26-,27+,28+/m0/s1. The lowest BCUT2D eigenvalue weighted by molar-refractivity contribution is -0.234. The van der Waals surface area contributed by atoms with Crippen LogP contribution in [0.25, 0.3) is 0 Å². The van der Waals surface area contributed by atoms with Crippen molar-refractivity contribution in [3.8, 4) is 0 Å². The Hall–Kier alpha value is -1.88. The summed E-state index contributed by atoms with van der Waals surface area (Å²) in [6.45, 7) is 12.7. The predicted octanol–water partition coefficient (Wildman–Crippen LogP) is 5.31. The molecular formula is C28H36O5. The highest BCUT2D eigenvalue weighted by Crippen LogP contribution is 2.77. The summed E-state index contributed by atoms with van der Waals surface area (Å²) in [5.74, 6) is 0.854. The van der Waals surface area contributed by atoms with Gasteiger partial charge in [-0.3, -0.25) is 9.59 Å². The summed E-state index contributed by atoms with van der Waals surface area (Å²) in [5.41, 5.74) is 0.377. The minimum Gasteiger partial charge on any atom is -0.472 e.